The number of pyridine rings is 1. The van der Waals surface area contributed by atoms with Crippen molar-refractivity contribution in [3.8, 4) is 0 Å². The quantitative estimate of drug-likeness (QED) is 0.760. The molecule has 0 bridgehead atoms. The van der Waals surface area contributed by atoms with Crippen molar-refractivity contribution in [3.05, 3.63) is 59.5 Å². The van der Waals surface area contributed by atoms with Crippen molar-refractivity contribution in [2.24, 2.45) is 0 Å². The van der Waals surface area contributed by atoms with E-state index in [4.69, 9.17) is 10.1 Å². The average Bonchev–Trinajstić information content (AvgIpc) is 2.88. The molecule has 1 aromatic carbocycles. The van der Waals surface area contributed by atoms with Gasteiger partial charge in [0.25, 0.3) is 0 Å². The van der Waals surface area contributed by atoms with Crippen molar-refractivity contribution in [3.63, 3.8) is 0 Å². The Morgan fingerprint density at radius 1 is 1.14 bits per heavy atom. The Labute approximate surface area is 130 Å². The standard InChI is InChI=1S/C18H21N3O/c1-14-12-16-18(19-13-14)21(10-5-11-22)17(20-16)9-8-15-6-3-2-4-7-15/h2-4,6-7,12-13,22H,5,8-11H2,1H3. The summed E-state index contributed by atoms with van der Waals surface area (Å²) in [5, 5.41) is 9.13. The highest BCUT2D eigenvalue weighted by molar-refractivity contribution is 5.72. The Morgan fingerprint density at radius 2 is 1.95 bits per heavy atom. The number of hydrogen-bond donors (Lipinski definition) is 1. The van der Waals surface area contributed by atoms with Gasteiger partial charge in [-0.3, -0.25) is 0 Å². The summed E-state index contributed by atoms with van der Waals surface area (Å²) in [6, 6.07) is 12.5. The molecular weight excluding hydrogens is 274 g/mol. The summed E-state index contributed by atoms with van der Waals surface area (Å²) in [6.45, 7) is 2.97. The van der Waals surface area contributed by atoms with E-state index in [1.807, 2.05) is 19.2 Å². The maximum absolute atomic E-state index is 9.13. The zero-order chi connectivity index (χ0) is 15.4. The minimum atomic E-state index is 0.184. The van der Waals surface area contributed by atoms with Gasteiger partial charge in [-0.05, 0) is 37.0 Å². The van der Waals surface area contributed by atoms with Crippen LogP contribution < -0.4 is 0 Å². The number of nitrogens with zero attached hydrogens (tertiary/aromatic N) is 3. The van der Waals surface area contributed by atoms with Gasteiger partial charge >= 0.3 is 0 Å². The smallest absolute Gasteiger partial charge is 0.160 e. The van der Waals surface area contributed by atoms with Gasteiger partial charge in [-0.25, -0.2) is 9.97 Å². The lowest BCUT2D eigenvalue weighted by molar-refractivity contribution is 0.279. The Kier molecular flexibility index (Phi) is 4.49. The van der Waals surface area contributed by atoms with Gasteiger partial charge in [0.05, 0.1) is 0 Å². The minimum Gasteiger partial charge on any atom is -0.396 e. The van der Waals surface area contributed by atoms with Gasteiger partial charge in [-0.15, -0.1) is 0 Å². The summed E-state index contributed by atoms with van der Waals surface area (Å²) in [7, 11) is 0. The van der Waals surface area contributed by atoms with Crippen molar-refractivity contribution in [2.45, 2.75) is 32.7 Å². The monoisotopic (exact) mass is 295 g/mol. The van der Waals surface area contributed by atoms with Crippen LogP contribution in [0.25, 0.3) is 11.2 Å². The molecule has 0 aliphatic heterocycles. The number of rotatable bonds is 6. The van der Waals surface area contributed by atoms with E-state index in [1.165, 1.54) is 5.56 Å². The lowest BCUT2D eigenvalue weighted by Gasteiger charge is -2.08. The Hall–Kier alpha value is -2.20. The molecule has 0 amide bonds. The number of aryl methyl sites for hydroxylation is 4. The summed E-state index contributed by atoms with van der Waals surface area (Å²) < 4.78 is 2.15. The second kappa shape index (κ2) is 6.71. The molecule has 0 atom stereocenters. The molecule has 4 nitrogen and oxygen atoms in total. The third-order valence-electron chi connectivity index (χ3n) is 3.82. The van der Waals surface area contributed by atoms with E-state index < -0.39 is 0 Å². The first kappa shape index (κ1) is 14.7. The fourth-order valence-electron chi connectivity index (χ4n) is 2.71. The van der Waals surface area contributed by atoms with Crippen molar-refractivity contribution in [2.75, 3.05) is 6.61 Å². The third kappa shape index (κ3) is 3.17. The van der Waals surface area contributed by atoms with Crippen LogP contribution in [0.3, 0.4) is 0 Å². The van der Waals surface area contributed by atoms with Gasteiger partial charge in [0.15, 0.2) is 5.65 Å². The van der Waals surface area contributed by atoms with Crippen LogP contribution in [0.4, 0.5) is 0 Å². The van der Waals surface area contributed by atoms with Crippen molar-refractivity contribution >= 4 is 11.2 Å². The van der Waals surface area contributed by atoms with Crippen LogP contribution in [0.2, 0.25) is 0 Å². The Bertz CT molecular complexity index is 750. The molecule has 2 heterocycles. The van der Waals surface area contributed by atoms with Gasteiger partial charge < -0.3 is 9.67 Å². The average molecular weight is 295 g/mol. The van der Waals surface area contributed by atoms with E-state index >= 15 is 0 Å². The number of benzene rings is 1. The molecule has 0 saturated heterocycles. The van der Waals surface area contributed by atoms with Crippen LogP contribution in [-0.2, 0) is 19.4 Å². The van der Waals surface area contributed by atoms with Crippen molar-refractivity contribution < 1.29 is 5.11 Å². The molecule has 22 heavy (non-hydrogen) atoms. The van der Waals surface area contributed by atoms with Crippen LogP contribution in [0.15, 0.2) is 42.6 Å². The summed E-state index contributed by atoms with van der Waals surface area (Å²) in [5.41, 5.74) is 4.30. The molecular formula is C18H21N3O. The second-order valence-corrected chi connectivity index (χ2v) is 5.60. The highest BCUT2D eigenvalue weighted by Gasteiger charge is 2.11. The first-order chi connectivity index (χ1) is 10.8. The van der Waals surface area contributed by atoms with Crippen molar-refractivity contribution in [1.29, 1.82) is 0 Å². The van der Waals surface area contributed by atoms with E-state index in [0.29, 0.717) is 0 Å². The van der Waals surface area contributed by atoms with Gasteiger partial charge in [0.1, 0.15) is 11.3 Å². The van der Waals surface area contributed by atoms with Gasteiger partial charge in [-0.1, -0.05) is 30.3 Å². The fraction of sp³-hybridized carbons (Fsp3) is 0.333. The van der Waals surface area contributed by atoms with Crippen LogP contribution in [0.5, 0.6) is 0 Å². The van der Waals surface area contributed by atoms with E-state index in [2.05, 4.69) is 39.9 Å². The number of aliphatic hydroxyl groups is 1. The molecule has 0 spiro atoms. The maximum Gasteiger partial charge on any atom is 0.160 e. The zero-order valence-electron chi connectivity index (χ0n) is 12.9. The van der Waals surface area contributed by atoms with E-state index in [1.54, 1.807) is 0 Å². The number of imidazole rings is 1. The van der Waals surface area contributed by atoms with E-state index in [0.717, 1.165) is 48.4 Å². The lowest BCUT2D eigenvalue weighted by Crippen LogP contribution is -2.07. The predicted octanol–water partition coefficient (Wildman–Crippen LogP) is 2.91. The van der Waals surface area contributed by atoms with Gasteiger partial charge in [-0.2, -0.15) is 0 Å². The Morgan fingerprint density at radius 3 is 2.73 bits per heavy atom. The van der Waals surface area contributed by atoms with Gasteiger partial charge in [0, 0.05) is 25.8 Å². The molecule has 0 radical (unpaired) electrons. The molecule has 0 unspecified atom stereocenters. The third-order valence-corrected chi connectivity index (χ3v) is 3.82. The van der Waals surface area contributed by atoms with Crippen LogP contribution in [0.1, 0.15) is 23.4 Å². The highest BCUT2D eigenvalue weighted by Crippen LogP contribution is 2.17. The van der Waals surface area contributed by atoms with Crippen LogP contribution in [-0.4, -0.2) is 26.2 Å². The molecule has 1 N–H and O–H groups in total. The summed E-state index contributed by atoms with van der Waals surface area (Å²) in [5.74, 6) is 1.05. The zero-order valence-corrected chi connectivity index (χ0v) is 12.9. The summed E-state index contributed by atoms with van der Waals surface area (Å²) >= 11 is 0. The fourth-order valence-corrected chi connectivity index (χ4v) is 2.71. The molecule has 3 rings (SSSR count). The first-order valence-electron chi connectivity index (χ1n) is 7.74. The predicted molar refractivity (Wildman–Crippen MR) is 87.8 cm³/mol. The Balaban J connectivity index is 1.89. The molecule has 0 saturated carbocycles. The molecule has 114 valence electrons. The first-order valence-corrected chi connectivity index (χ1v) is 7.74. The largest absolute Gasteiger partial charge is 0.396 e. The molecule has 3 aromatic rings. The van der Waals surface area contributed by atoms with Crippen molar-refractivity contribution in [1.82, 2.24) is 14.5 Å². The van der Waals surface area contributed by atoms with Gasteiger partial charge in [0.2, 0.25) is 0 Å². The molecule has 0 aliphatic carbocycles. The minimum absolute atomic E-state index is 0.184. The second-order valence-electron chi connectivity index (χ2n) is 5.60. The summed E-state index contributed by atoms with van der Waals surface area (Å²) in [4.78, 5) is 9.29. The topological polar surface area (TPSA) is 50.9 Å². The normalized spacial score (nSPS) is 11.2. The highest BCUT2D eigenvalue weighted by atomic mass is 16.3. The number of aliphatic hydroxyl groups excluding tert-OH is 1. The van der Waals surface area contributed by atoms with Crippen LogP contribution >= 0.6 is 0 Å². The lowest BCUT2D eigenvalue weighted by atomic mass is 10.1. The summed E-state index contributed by atoms with van der Waals surface area (Å²) in [6.07, 6.45) is 4.44. The molecule has 2 aromatic heterocycles. The molecule has 0 fully saturated rings. The number of aromatic nitrogens is 3. The van der Waals surface area contributed by atoms with E-state index in [-0.39, 0.29) is 6.61 Å². The molecule has 0 aliphatic rings. The number of hydrogen-bond acceptors (Lipinski definition) is 3. The van der Waals surface area contributed by atoms with E-state index in [9.17, 15) is 0 Å². The van der Waals surface area contributed by atoms with Crippen LogP contribution in [0, 0.1) is 6.92 Å². The number of fused-ring (bicyclic) bond motifs is 1. The molecule has 4 heteroatoms. The SMILES string of the molecule is Cc1cnc2c(c1)nc(CCc1ccccc1)n2CCCO. The maximum atomic E-state index is 9.13.